The number of rotatable bonds is 3. The molecule has 0 spiro atoms. The Hall–Kier alpha value is -1.81. The third-order valence-corrected chi connectivity index (χ3v) is 2.64. The van der Waals surface area contributed by atoms with Crippen molar-refractivity contribution < 1.29 is 19.0 Å². The number of hydrogen-bond acceptors (Lipinski definition) is 4. The minimum atomic E-state index is -0.646. The molecule has 0 radical (unpaired) electrons. The van der Waals surface area contributed by atoms with Crippen LogP contribution in [-0.2, 0) is 9.53 Å². The van der Waals surface area contributed by atoms with Crippen LogP contribution in [0.2, 0.25) is 0 Å². The predicted octanol–water partition coefficient (Wildman–Crippen LogP) is 2.03. The van der Waals surface area contributed by atoms with Crippen molar-refractivity contribution in [2.75, 3.05) is 14.2 Å². The average molecular weight is 234 g/mol. The van der Waals surface area contributed by atoms with Crippen LogP contribution in [0.1, 0.15) is 12.5 Å². The molecule has 4 heteroatoms. The molecule has 0 amide bonds. The Morgan fingerprint density at radius 2 is 2.12 bits per heavy atom. The molecule has 1 aliphatic heterocycles. The number of ether oxygens (including phenoxy) is 3. The second-order valence-corrected chi connectivity index (χ2v) is 3.75. The lowest BCUT2D eigenvalue weighted by Crippen LogP contribution is -2.27. The fourth-order valence-electron chi connectivity index (χ4n) is 1.72. The van der Waals surface area contributed by atoms with E-state index in [4.69, 9.17) is 14.2 Å². The predicted molar refractivity (Wildman–Crippen MR) is 63.1 cm³/mol. The molecule has 1 unspecified atom stereocenters. The summed E-state index contributed by atoms with van der Waals surface area (Å²) in [4.78, 5) is 11.4. The molecular weight excluding hydrogens is 220 g/mol. The van der Waals surface area contributed by atoms with E-state index in [1.807, 2.05) is 12.1 Å². The molecule has 17 heavy (non-hydrogen) atoms. The molecule has 0 saturated carbocycles. The van der Waals surface area contributed by atoms with Gasteiger partial charge in [-0.1, -0.05) is 0 Å². The molecule has 4 nitrogen and oxygen atoms in total. The van der Waals surface area contributed by atoms with Gasteiger partial charge in [-0.3, -0.25) is 4.79 Å². The van der Waals surface area contributed by atoms with Gasteiger partial charge in [-0.25, -0.2) is 0 Å². The van der Waals surface area contributed by atoms with Gasteiger partial charge >= 0.3 is 0 Å². The van der Waals surface area contributed by atoms with Gasteiger partial charge in [-0.2, -0.15) is 0 Å². The molecule has 1 aromatic carbocycles. The van der Waals surface area contributed by atoms with Crippen molar-refractivity contribution in [3.05, 3.63) is 29.3 Å². The first-order valence-electron chi connectivity index (χ1n) is 5.25. The third-order valence-electron chi connectivity index (χ3n) is 2.64. The summed E-state index contributed by atoms with van der Waals surface area (Å²) in [5.41, 5.74) is 1.37. The molecule has 2 rings (SSSR count). The number of hydrogen-bond donors (Lipinski definition) is 0. The van der Waals surface area contributed by atoms with Crippen molar-refractivity contribution in [2.45, 2.75) is 13.2 Å². The van der Waals surface area contributed by atoms with Gasteiger partial charge < -0.3 is 14.2 Å². The van der Waals surface area contributed by atoms with Crippen molar-refractivity contribution in [3.8, 4) is 11.5 Å². The molecular formula is C13H14O4. The molecule has 1 aromatic rings. The largest absolute Gasteiger partial charge is 0.497 e. The highest BCUT2D eigenvalue weighted by atomic mass is 16.7. The Bertz CT molecular complexity index is 476. The molecule has 90 valence electrons. The maximum atomic E-state index is 11.4. The highest BCUT2D eigenvalue weighted by Gasteiger charge is 2.25. The van der Waals surface area contributed by atoms with Crippen LogP contribution >= 0.6 is 0 Å². The molecule has 0 N–H and O–H groups in total. The highest BCUT2D eigenvalue weighted by Crippen LogP contribution is 2.33. The first-order valence-corrected chi connectivity index (χ1v) is 5.25. The van der Waals surface area contributed by atoms with E-state index >= 15 is 0 Å². The summed E-state index contributed by atoms with van der Waals surface area (Å²) in [5.74, 6) is 1.30. The van der Waals surface area contributed by atoms with Crippen molar-refractivity contribution in [3.63, 3.8) is 0 Å². The van der Waals surface area contributed by atoms with Crippen LogP contribution in [0.5, 0.6) is 11.5 Å². The number of benzene rings is 1. The van der Waals surface area contributed by atoms with E-state index in [1.165, 1.54) is 14.0 Å². The summed E-state index contributed by atoms with van der Waals surface area (Å²) >= 11 is 0. The van der Waals surface area contributed by atoms with Crippen LogP contribution in [0.4, 0.5) is 0 Å². The van der Waals surface area contributed by atoms with E-state index in [0.29, 0.717) is 17.1 Å². The number of carbonyl (C=O) groups is 1. The van der Waals surface area contributed by atoms with E-state index in [1.54, 1.807) is 19.3 Å². The lowest BCUT2D eigenvalue weighted by Gasteiger charge is -2.24. The van der Waals surface area contributed by atoms with Gasteiger partial charge in [-0.05, 0) is 25.1 Å². The summed E-state index contributed by atoms with van der Waals surface area (Å²) in [6, 6.07) is 5.45. The van der Waals surface area contributed by atoms with E-state index in [9.17, 15) is 4.79 Å². The zero-order valence-electron chi connectivity index (χ0n) is 10.0. The Morgan fingerprint density at radius 1 is 1.35 bits per heavy atom. The molecule has 1 atom stereocenters. The lowest BCUT2D eigenvalue weighted by atomic mass is 10.0. The normalized spacial score (nSPS) is 17.8. The molecule has 0 aromatic heterocycles. The second kappa shape index (κ2) is 4.59. The van der Waals surface area contributed by atoms with Crippen LogP contribution in [0.15, 0.2) is 23.8 Å². The Labute approximate surface area is 99.8 Å². The number of fused-ring (bicyclic) bond motifs is 1. The van der Waals surface area contributed by atoms with Crippen molar-refractivity contribution in [2.24, 2.45) is 0 Å². The number of methoxy groups -OCH3 is 2. The van der Waals surface area contributed by atoms with Crippen LogP contribution in [0.25, 0.3) is 6.08 Å². The van der Waals surface area contributed by atoms with Crippen LogP contribution in [0.3, 0.4) is 0 Å². The lowest BCUT2D eigenvalue weighted by molar-refractivity contribution is -0.117. The summed E-state index contributed by atoms with van der Waals surface area (Å²) in [5, 5.41) is 0. The Balaban J connectivity index is 2.45. The summed E-state index contributed by atoms with van der Waals surface area (Å²) < 4.78 is 15.9. The van der Waals surface area contributed by atoms with Gasteiger partial charge in [-0.15, -0.1) is 0 Å². The van der Waals surface area contributed by atoms with Crippen LogP contribution < -0.4 is 9.47 Å². The van der Waals surface area contributed by atoms with E-state index < -0.39 is 6.29 Å². The van der Waals surface area contributed by atoms with Crippen molar-refractivity contribution in [1.82, 2.24) is 0 Å². The zero-order valence-corrected chi connectivity index (χ0v) is 10.0. The molecule has 0 bridgehead atoms. The molecule has 0 saturated heterocycles. The van der Waals surface area contributed by atoms with Gasteiger partial charge in [0.15, 0.2) is 5.78 Å². The highest BCUT2D eigenvalue weighted by molar-refractivity contribution is 5.99. The first kappa shape index (κ1) is 11.7. The van der Waals surface area contributed by atoms with Gasteiger partial charge in [0.2, 0.25) is 6.29 Å². The molecule has 0 fully saturated rings. The molecule has 1 aliphatic rings. The van der Waals surface area contributed by atoms with Crippen LogP contribution in [-0.4, -0.2) is 26.3 Å². The fourth-order valence-corrected chi connectivity index (χ4v) is 1.72. The number of Topliss-reactive ketones (excluding diaryl/α,β-unsaturated/α-hetero) is 1. The van der Waals surface area contributed by atoms with Crippen molar-refractivity contribution >= 4 is 11.9 Å². The van der Waals surface area contributed by atoms with E-state index in [2.05, 4.69) is 0 Å². The summed E-state index contributed by atoms with van der Waals surface area (Å²) in [7, 11) is 3.10. The summed E-state index contributed by atoms with van der Waals surface area (Å²) in [6.07, 6.45) is 1.14. The third kappa shape index (κ3) is 2.17. The first-order chi connectivity index (χ1) is 8.15. The monoisotopic (exact) mass is 234 g/mol. The fraction of sp³-hybridized carbons (Fsp3) is 0.308. The van der Waals surface area contributed by atoms with E-state index in [0.717, 1.165) is 5.56 Å². The van der Waals surface area contributed by atoms with E-state index in [-0.39, 0.29) is 5.78 Å². The van der Waals surface area contributed by atoms with Gasteiger partial charge in [0.1, 0.15) is 11.5 Å². The topological polar surface area (TPSA) is 44.8 Å². The Kier molecular flexibility index (Phi) is 3.15. The zero-order chi connectivity index (χ0) is 12.4. The molecule has 1 heterocycles. The minimum Gasteiger partial charge on any atom is -0.497 e. The standard InChI is InChI=1S/C13H14O4/c1-8(14)11-6-9-4-5-10(15-2)7-12(9)17-13(11)16-3/h4-7,13H,1-3H3. The van der Waals surface area contributed by atoms with Crippen LogP contribution in [0, 0.1) is 0 Å². The quantitative estimate of drug-likeness (QED) is 0.802. The Morgan fingerprint density at radius 3 is 2.71 bits per heavy atom. The minimum absolute atomic E-state index is 0.0571. The average Bonchev–Trinajstić information content (AvgIpc) is 2.36. The maximum Gasteiger partial charge on any atom is 0.229 e. The summed E-state index contributed by atoms with van der Waals surface area (Å²) in [6.45, 7) is 1.50. The SMILES string of the molecule is COc1ccc2c(c1)OC(OC)C(C(C)=O)=C2. The van der Waals surface area contributed by atoms with Gasteiger partial charge in [0.05, 0.1) is 12.7 Å². The smallest absolute Gasteiger partial charge is 0.229 e. The van der Waals surface area contributed by atoms with Crippen molar-refractivity contribution in [1.29, 1.82) is 0 Å². The second-order valence-electron chi connectivity index (χ2n) is 3.75. The maximum absolute atomic E-state index is 11.4. The van der Waals surface area contributed by atoms with Gasteiger partial charge in [0, 0.05) is 18.7 Å². The van der Waals surface area contributed by atoms with Gasteiger partial charge in [0.25, 0.3) is 0 Å². The number of carbonyl (C=O) groups excluding carboxylic acids is 1. The molecule has 0 aliphatic carbocycles. The number of ketones is 1.